The first-order valence-corrected chi connectivity index (χ1v) is 58.4. The van der Waals surface area contributed by atoms with Gasteiger partial charge < -0.3 is 57.2 Å². The van der Waals surface area contributed by atoms with Crippen molar-refractivity contribution in [3.05, 3.63) is 150 Å². The van der Waals surface area contributed by atoms with Crippen LogP contribution in [0.1, 0.15) is 124 Å². The predicted octanol–water partition coefficient (Wildman–Crippen LogP) is 22.1. The first kappa shape index (κ1) is 100. The summed E-state index contributed by atoms with van der Waals surface area (Å²) in [6.07, 6.45) is 9.58. The van der Waals surface area contributed by atoms with Gasteiger partial charge in [-0.05, 0) is 140 Å². The Hall–Kier alpha value is -6.96. The van der Waals surface area contributed by atoms with E-state index in [4.69, 9.17) is 77.5 Å². The van der Waals surface area contributed by atoms with Crippen molar-refractivity contribution in [2.45, 2.75) is 245 Å². The number of benzene rings is 2. The van der Waals surface area contributed by atoms with Gasteiger partial charge in [0.05, 0.1) is 115 Å². The lowest BCUT2D eigenvalue weighted by atomic mass is 9.81. The lowest BCUT2D eigenvalue weighted by Gasteiger charge is -2.48. The molecule has 24 nitrogen and oxygen atoms in total. The summed E-state index contributed by atoms with van der Waals surface area (Å²) in [4.78, 5) is 55.9. The molecule has 122 heavy (non-hydrogen) atoms. The first-order valence-electron chi connectivity index (χ1n) is 42.8. The highest BCUT2D eigenvalue weighted by Gasteiger charge is 2.48. The molecule has 2 aromatic carbocycles. The number of nitrogens with zero attached hydrogens (tertiary/aromatic N) is 12. The summed E-state index contributed by atoms with van der Waals surface area (Å²) in [6, 6.07) is 32.2. The highest BCUT2D eigenvalue weighted by Crippen LogP contribution is 2.47. The fourth-order valence-electron chi connectivity index (χ4n) is 15.0. The third kappa shape index (κ3) is 28.5. The molecule has 12 rings (SSSR count). The lowest BCUT2D eigenvalue weighted by molar-refractivity contribution is -0.0830. The summed E-state index contributed by atoms with van der Waals surface area (Å²) >= 11 is 4.07. The van der Waals surface area contributed by atoms with Gasteiger partial charge in [0.15, 0.2) is 17.1 Å². The number of aromatic nitrogens is 8. The van der Waals surface area contributed by atoms with Gasteiger partial charge >= 0.3 is 12.2 Å². The van der Waals surface area contributed by atoms with Gasteiger partial charge in [0, 0.05) is 116 Å². The molecule has 8 aromatic rings. The first-order chi connectivity index (χ1) is 56.7. The molecule has 0 N–H and O–H groups in total. The number of anilines is 2. The molecule has 0 spiro atoms. The maximum atomic E-state index is 13.7. The van der Waals surface area contributed by atoms with Gasteiger partial charge in [-0.3, -0.25) is 19.8 Å². The number of hydrogen-bond acceptors (Lipinski definition) is 20. The van der Waals surface area contributed by atoms with Crippen LogP contribution in [0.25, 0.3) is 61.8 Å². The molecule has 4 fully saturated rings. The Balaban J connectivity index is 0.000000280. The van der Waals surface area contributed by atoms with Crippen molar-refractivity contribution in [2.24, 2.45) is 0 Å². The van der Waals surface area contributed by atoms with Crippen LogP contribution in [0.2, 0.25) is 103 Å². The van der Waals surface area contributed by atoms with Crippen LogP contribution in [0.3, 0.4) is 0 Å². The van der Waals surface area contributed by atoms with E-state index in [1.54, 1.807) is 0 Å². The monoisotopic (exact) mass is 1920 g/mol. The number of allylic oxidation sites excluding steroid dienone is 1. The van der Waals surface area contributed by atoms with Crippen molar-refractivity contribution in [3.8, 4) is 44.8 Å². The van der Waals surface area contributed by atoms with Crippen LogP contribution in [-0.2, 0) is 47.4 Å². The van der Waals surface area contributed by atoms with Gasteiger partial charge in [0.2, 0.25) is 0 Å². The molecule has 2 amide bonds. The van der Waals surface area contributed by atoms with Crippen LogP contribution in [0, 0.1) is 0 Å². The Kier molecular flexibility index (Phi) is 36.6. The minimum absolute atomic E-state index is 0. The van der Waals surface area contributed by atoms with E-state index in [0.717, 1.165) is 120 Å². The Bertz CT molecular complexity index is 4610. The number of hydrogen-bond donors (Lipinski definition) is 0. The van der Waals surface area contributed by atoms with E-state index in [0.29, 0.717) is 110 Å². The van der Waals surface area contributed by atoms with Gasteiger partial charge in [0.25, 0.3) is 0 Å². The standard InChI is InChI=1S/C45H66N6O6Si2.C41H59BrN6O5Si2.C5H10O.CH4.HI/c1-12-56-32(2)40-41(35-24-36-28-55-29-37(25-35)50(36)44(52)57-45(3,4)5)48-42-38(34-18-19-39(46-26-34)33-16-14-13-15-17-33)27-47-51(42)43(40)49(30-53-20-22-58(6,7)8)31-54-21-23-59(9,10)11;1-41(2,3)53-40(49)47-32-21-31(22-33(47)26-52-25-32)37-36(42)39(46(27-50-17-19-54(4,5)6)28-51-18-20-55(7,8)9)48-38(45-37)34(24-44-48)30-15-16-35(43-23-30)29-13-11-10-12-14-29;1-4-6-5(2)3;;/h13-19,26-27,35-37H,2,12,20-25,28-31H2,1,3-11H3;10-16,23-24,31-33H,17-22,25-28H2,1-9H3;2,4H2,1,3H3;1H4;1H. The van der Waals surface area contributed by atoms with Crippen molar-refractivity contribution in [1.82, 2.24) is 49.0 Å². The van der Waals surface area contributed by atoms with Crippen LogP contribution in [0.5, 0.6) is 0 Å². The van der Waals surface area contributed by atoms with Gasteiger partial charge in [-0.25, -0.2) is 19.6 Å². The van der Waals surface area contributed by atoms with Crippen molar-refractivity contribution in [1.29, 1.82) is 0 Å². The van der Waals surface area contributed by atoms with Gasteiger partial charge in [-0.15, -0.1) is 24.0 Å². The van der Waals surface area contributed by atoms with Crippen LogP contribution >= 0.6 is 39.9 Å². The topological polar surface area (TPSA) is 226 Å². The highest BCUT2D eigenvalue weighted by molar-refractivity contribution is 14.0. The molecule has 4 bridgehead atoms. The Labute approximate surface area is 756 Å². The third-order valence-electron chi connectivity index (χ3n) is 21.1. The molecule has 4 saturated heterocycles. The number of carbonyl (C=O) groups is 2. The fourth-order valence-corrected chi connectivity index (χ4v) is 18.8. The molecule has 6 aromatic heterocycles. The molecule has 0 aliphatic carbocycles. The van der Waals surface area contributed by atoms with E-state index >= 15 is 0 Å². The van der Waals surface area contributed by atoms with Crippen molar-refractivity contribution >= 4 is 113 Å². The maximum absolute atomic E-state index is 13.7. The van der Waals surface area contributed by atoms with Crippen LogP contribution < -0.4 is 9.80 Å². The van der Waals surface area contributed by atoms with Crippen molar-refractivity contribution < 1.29 is 57.0 Å². The van der Waals surface area contributed by atoms with E-state index in [-0.39, 0.29) is 93.1 Å². The summed E-state index contributed by atoms with van der Waals surface area (Å²) in [7, 11) is -5.33. The highest BCUT2D eigenvalue weighted by atomic mass is 127. The fraction of sp³-hybridized carbons (Fsp3) is 0.565. The average Bonchev–Trinajstić information content (AvgIpc) is 1.48. The minimum Gasteiger partial charge on any atom is -0.499 e. The molecular formula is C92H140BrIN12O12Si4. The number of amides is 2. The van der Waals surface area contributed by atoms with E-state index in [2.05, 4.69) is 154 Å². The van der Waals surface area contributed by atoms with E-state index in [9.17, 15) is 9.59 Å². The molecular weight excluding hydrogens is 1780 g/mol. The van der Waals surface area contributed by atoms with Crippen molar-refractivity contribution in [3.63, 3.8) is 0 Å². The molecule has 670 valence electrons. The zero-order valence-electron chi connectivity index (χ0n) is 75.9. The van der Waals surface area contributed by atoms with Gasteiger partial charge in [-0.2, -0.15) is 19.2 Å². The summed E-state index contributed by atoms with van der Waals surface area (Å²) in [5.74, 6) is 2.85. The van der Waals surface area contributed by atoms with Gasteiger partial charge in [-0.1, -0.05) is 172 Å². The molecule has 4 aliphatic rings. The number of carbonyl (C=O) groups excluding carboxylic acids is 2. The Morgan fingerprint density at radius 1 is 0.492 bits per heavy atom. The number of halogens is 2. The SMILES string of the molecule is C.C=C(C)OCC.C=C(OCC)c1c(C2CC3COCC(C2)N3C(=O)OC(C)(C)C)nc2c(-c3ccc(-c4ccccc4)nc3)cnn2c1N(COCC[Si](C)(C)C)COCC[Si](C)(C)C.CC(C)(C)OC(=O)N1C2COCC1CC(c1nc3c(-c4ccc(-c5ccccc5)nc4)cnn3c(N(COCC[Si](C)(C)C)COCC[Si](C)(C)C)c1Br)C2.I. The molecule has 4 unspecified atom stereocenters. The minimum atomic E-state index is -1.36. The predicted molar refractivity (Wildman–Crippen MR) is 518 cm³/mol. The van der Waals surface area contributed by atoms with Crippen molar-refractivity contribution in [2.75, 3.05) is 103 Å². The third-order valence-corrected chi connectivity index (χ3v) is 28.7. The van der Waals surface area contributed by atoms with E-state index < -0.39 is 43.5 Å². The lowest BCUT2D eigenvalue weighted by Crippen LogP contribution is -2.59. The second kappa shape index (κ2) is 44.5. The zero-order chi connectivity index (χ0) is 87.1. The molecule has 0 saturated carbocycles. The maximum Gasteiger partial charge on any atom is 0.410 e. The second-order valence-electron chi connectivity index (χ2n) is 38.8. The van der Waals surface area contributed by atoms with E-state index in [1.807, 2.05) is 154 Å². The summed E-state index contributed by atoms with van der Waals surface area (Å²) in [6.45, 7) is 60.3. The zero-order valence-corrected chi connectivity index (χ0v) is 83.8. The van der Waals surface area contributed by atoms with Crippen LogP contribution in [0.15, 0.2) is 133 Å². The quantitative estimate of drug-likeness (QED) is 0.0122. The molecule has 30 heteroatoms. The number of pyridine rings is 2. The molecule has 4 atom stereocenters. The normalized spacial score (nSPS) is 18.0. The number of fused-ring (bicyclic) bond motifs is 6. The molecule has 4 aliphatic heterocycles. The van der Waals surface area contributed by atoms with Crippen LogP contribution in [-0.4, -0.2) is 222 Å². The Morgan fingerprint density at radius 2 is 0.836 bits per heavy atom. The molecule has 10 heterocycles. The smallest absolute Gasteiger partial charge is 0.410 e. The number of piperidine rings is 2. The summed E-state index contributed by atoms with van der Waals surface area (Å²) in [5, 5.41) is 10.0. The number of rotatable bonds is 33. The second-order valence-corrected chi connectivity index (χ2v) is 62.1. The molecule has 0 radical (unpaired) electrons. The summed E-state index contributed by atoms with van der Waals surface area (Å²) < 4.78 is 65.6. The largest absolute Gasteiger partial charge is 0.499 e. The van der Waals surface area contributed by atoms with E-state index in [1.165, 1.54) is 0 Å². The van der Waals surface area contributed by atoms with Crippen LogP contribution in [0.4, 0.5) is 21.2 Å². The number of ether oxygens (including phenoxy) is 10. The average molecular weight is 1930 g/mol. The van der Waals surface area contributed by atoms with Gasteiger partial charge in [0.1, 0.15) is 49.7 Å². The Morgan fingerprint density at radius 3 is 1.16 bits per heavy atom. The number of morpholine rings is 2. The summed E-state index contributed by atoms with van der Waals surface area (Å²) in [5.41, 5.74) is 10.2.